The lowest BCUT2D eigenvalue weighted by Crippen LogP contribution is -2.25. The lowest BCUT2D eigenvalue weighted by Gasteiger charge is -2.38. The molecule has 0 N–H and O–H groups in total. The van der Waals surface area contributed by atoms with E-state index in [0.717, 1.165) is 108 Å². The third kappa shape index (κ3) is 15.9. The largest absolute Gasteiger partial charge is 0.204 e. The van der Waals surface area contributed by atoms with Crippen molar-refractivity contribution in [1.29, 1.82) is 0 Å². The van der Waals surface area contributed by atoms with Gasteiger partial charge in [-0.25, -0.2) is 26.3 Å². The number of rotatable bonds is 13. The van der Waals surface area contributed by atoms with Gasteiger partial charge < -0.3 is 0 Å². The molecule has 70 heavy (non-hydrogen) atoms. The van der Waals surface area contributed by atoms with E-state index < -0.39 is 34.9 Å². The summed E-state index contributed by atoms with van der Waals surface area (Å²) >= 11 is 0. The molecule has 6 heteroatoms. The highest BCUT2D eigenvalue weighted by Crippen LogP contribution is 2.48. The number of benzene rings is 3. The SMILES string of the molecule is CCC1CCC(C2CCC(c3ccc(F)c(F)c3)CC2)CC1.CCCC1CCC(C2CCC(c3ccc(F)c(F)c3)CC2)CC1.CCCCCC1CCC(C2CCC(c3ccc(F)c(F)c3)CC2)CC1.[HH].[HH].[HH].[HH].[HH].[HH]. The normalized spacial score (nSPS) is 31.7. The van der Waals surface area contributed by atoms with Crippen LogP contribution >= 0.6 is 0 Å². The molecule has 6 aliphatic carbocycles. The molecule has 6 saturated carbocycles. The van der Waals surface area contributed by atoms with E-state index in [1.807, 2.05) is 0 Å². The first-order valence-corrected chi connectivity index (χ1v) is 29.4. The Kier molecular flexibility index (Phi) is 22.0. The van der Waals surface area contributed by atoms with E-state index in [1.54, 1.807) is 18.2 Å². The van der Waals surface area contributed by atoms with Crippen molar-refractivity contribution < 1.29 is 34.9 Å². The van der Waals surface area contributed by atoms with Crippen molar-refractivity contribution in [3.63, 3.8) is 0 Å². The maximum Gasteiger partial charge on any atom is 0.159 e. The second kappa shape index (κ2) is 28.1. The Hall–Kier alpha value is -2.76. The lowest BCUT2D eigenvalue weighted by molar-refractivity contribution is 0.155. The second-order valence-corrected chi connectivity index (χ2v) is 23.9. The average molecular weight is 988 g/mol. The van der Waals surface area contributed by atoms with Crippen molar-refractivity contribution in [2.45, 2.75) is 238 Å². The van der Waals surface area contributed by atoms with Crippen LogP contribution in [0.2, 0.25) is 0 Å². The van der Waals surface area contributed by atoms with Gasteiger partial charge in [-0.2, -0.15) is 0 Å². The van der Waals surface area contributed by atoms with Gasteiger partial charge >= 0.3 is 0 Å². The summed E-state index contributed by atoms with van der Waals surface area (Å²) in [4.78, 5) is 0. The minimum Gasteiger partial charge on any atom is -0.204 e. The third-order valence-corrected chi connectivity index (χ3v) is 19.7. The van der Waals surface area contributed by atoms with Crippen LogP contribution in [0.15, 0.2) is 54.6 Å². The molecule has 0 atom stereocenters. The van der Waals surface area contributed by atoms with Crippen molar-refractivity contribution in [2.75, 3.05) is 0 Å². The lowest BCUT2D eigenvalue weighted by atomic mass is 9.68. The van der Waals surface area contributed by atoms with Crippen molar-refractivity contribution in [3.8, 4) is 0 Å². The first-order chi connectivity index (χ1) is 34.0. The van der Waals surface area contributed by atoms with E-state index in [9.17, 15) is 26.3 Å². The van der Waals surface area contributed by atoms with E-state index in [0.29, 0.717) is 17.8 Å². The molecule has 9 rings (SSSR count). The predicted molar refractivity (Wildman–Crippen MR) is 292 cm³/mol. The van der Waals surface area contributed by atoms with Crippen molar-refractivity contribution in [3.05, 3.63) is 106 Å². The molecule has 0 aromatic heterocycles. The first-order valence-electron chi connectivity index (χ1n) is 29.4. The van der Waals surface area contributed by atoms with Gasteiger partial charge in [-0.3, -0.25) is 0 Å². The van der Waals surface area contributed by atoms with Crippen LogP contribution in [0.25, 0.3) is 0 Å². The fourth-order valence-corrected chi connectivity index (χ4v) is 15.1. The summed E-state index contributed by atoms with van der Waals surface area (Å²) in [6, 6.07) is 13.4. The highest BCUT2D eigenvalue weighted by molar-refractivity contribution is 5.24. The van der Waals surface area contributed by atoms with Gasteiger partial charge in [-0.05, 0) is 240 Å². The van der Waals surface area contributed by atoms with E-state index in [4.69, 9.17) is 0 Å². The van der Waals surface area contributed by atoms with Gasteiger partial charge in [-0.15, -0.1) is 0 Å². The zero-order valence-corrected chi connectivity index (χ0v) is 43.8. The van der Waals surface area contributed by atoms with Crippen LogP contribution in [0.3, 0.4) is 0 Å². The van der Waals surface area contributed by atoms with Crippen LogP contribution in [0.5, 0.6) is 0 Å². The van der Waals surface area contributed by atoms with E-state index in [1.165, 1.54) is 197 Å². The third-order valence-electron chi connectivity index (χ3n) is 19.7. The molecule has 6 aliphatic rings. The van der Waals surface area contributed by atoms with Crippen LogP contribution in [0, 0.1) is 88.2 Å². The second-order valence-electron chi connectivity index (χ2n) is 23.9. The number of halogens is 6. The molecule has 402 valence electrons. The number of unbranched alkanes of at least 4 members (excludes halogenated alkanes) is 2. The van der Waals surface area contributed by atoms with Crippen LogP contribution < -0.4 is 0 Å². The highest BCUT2D eigenvalue weighted by Gasteiger charge is 2.34. The summed E-state index contributed by atoms with van der Waals surface area (Å²) in [6.07, 6.45) is 41.3. The fourth-order valence-electron chi connectivity index (χ4n) is 15.1. The standard InChI is InChI=1S/C23H34F2.C21H30F2.C20H28F2.6H2/c1-2-3-4-5-17-6-8-18(9-7-17)19-10-12-20(13-11-19)21-14-15-22(24)23(25)16-21;1-2-3-15-4-6-16(7-5-15)17-8-10-18(11-9-17)19-12-13-20(22)21(23)14-19;1-2-14-3-5-15(6-4-14)16-7-9-17(10-8-16)18-11-12-19(21)20(22)13-18;;;;;;/h14-20H,2-13H2,1H3;12-18H,2-11H2,1H3;11-17H,2-10H2,1H3;6*1H. The van der Waals surface area contributed by atoms with E-state index in [2.05, 4.69) is 20.8 Å². The molecule has 3 aromatic rings. The molecule has 0 heterocycles. The highest BCUT2D eigenvalue weighted by atomic mass is 19.2. The molecule has 0 amide bonds. The van der Waals surface area contributed by atoms with Crippen LogP contribution in [-0.4, -0.2) is 0 Å². The Morgan fingerprint density at radius 3 is 0.871 bits per heavy atom. The zero-order chi connectivity index (χ0) is 49.4. The van der Waals surface area contributed by atoms with Crippen molar-refractivity contribution in [2.24, 2.45) is 53.3 Å². The van der Waals surface area contributed by atoms with Gasteiger partial charge in [0.25, 0.3) is 0 Å². The van der Waals surface area contributed by atoms with Gasteiger partial charge in [0.05, 0.1) is 0 Å². The van der Waals surface area contributed by atoms with E-state index >= 15 is 0 Å². The van der Waals surface area contributed by atoms with Gasteiger partial charge in [0.2, 0.25) is 0 Å². The summed E-state index contributed by atoms with van der Waals surface area (Å²) in [6.45, 7) is 6.90. The fraction of sp³-hybridized carbons (Fsp3) is 0.719. The molecule has 0 unspecified atom stereocenters. The summed E-state index contributed by atoms with van der Waals surface area (Å²) in [5.74, 6) is 5.34. The van der Waals surface area contributed by atoms with Crippen LogP contribution in [0.4, 0.5) is 26.3 Å². The molecule has 0 nitrogen and oxygen atoms in total. The van der Waals surface area contributed by atoms with Crippen LogP contribution in [-0.2, 0) is 0 Å². The minimum absolute atomic E-state index is 0. The summed E-state index contributed by atoms with van der Waals surface area (Å²) < 4.78 is 79.6. The van der Waals surface area contributed by atoms with Crippen molar-refractivity contribution in [1.82, 2.24) is 0 Å². The zero-order valence-electron chi connectivity index (χ0n) is 43.8. The Morgan fingerprint density at radius 1 is 0.314 bits per heavy atom. The Morgan fingerprint density at radius 2 is 0.600 bits per heavy atom. The molecule has 0 bridgehead atoms. The average Bonchev–Trinajstić information content (AvgIpc) is 3.40. The molecular weight excluding hydrogens is 883 g/mol. The van der Waals surface area contributed by atoms with Gasteiger partial charge in [-0.1, -0.05) is 122 Å². The number of hydrogen-bond donors (Lipinski definition) is 0. The van der Waals surface area contributed by atoms with Gasteiger partial charge in [0.15, 0.2) is 34.9 Å². The summed E-state index contributed by atoms with van der Waals surface area (Å²) in [5.41, 5.74) is 2.98. The minimum atomic E-state index is -0.731. The summed E-state index contributed by atoms with van der Waals surface area (Å²) in [7, 11) is 0. The molecule has 0 radical (unpaired) electrons. The Labute approximate surface area is 430 Å². The van der Waals surface area contributed by atoms with Crippen LogP contribution in [0.1, 0.15) is 263 Å². The molecular formula is C64H104F6. The Balaban J connectivity index is 0.000000549. The molecule has 6 fully saturated rings. The molecule has 0 saturated heterocycles. The maximum atomic E-state index is 13.5. The van der Waals surface area contributed by atoms with Crippen molar-refractivity contribution >= 4 is 0 Å². The number of hydrogen-bond acceptors (Lipinski definition) is 0. The summed E-state index contributed by atoms with van der Waals surface area (Å²) in [5, 5.41) is 0. The van der Waals surface area contributed by atoms with E-state index in [-0.39, 0.29) is 8.56 Å². The monoisotopic (exact) mass is 987 g/mol. The molecule has 0 aliphatic heterocycles. The quantitative estimate of drug-likeness (QED) is 0.118. The van der Waals surface area contributed by atoms with Gasteiger partial charge in [0.1, 0.15) is 0 Å². The topological polar surface area (TPSA) is 0 Å². The molecule has 0 spiro atoms. The maximum absolute atomic E-state index is 13.5. The molecule has 3 aromatic carbocycles. The predicted octanol–water partition coefficient (Wildman–Crippen LogP) is 22.4. The first kappa shape index (κ1) is 55.0. The Bertz CT molecular complexity index is 1980. The smallest absolute Gasteiger partial charge is 0.159 e. The van der Waals surface area contributed by atoms with Gasteiger partial charge in [0, 0.05) is 8.56 Å².